The molecule has 0 spiro atoms. The van der Waals surface area contributed by atoms with Gasteiger partial charge in [-0.3, -0.25) is 14.3 Å². The van der Waals surface area contributed by atoms with Crippen molar-refractivity contribution in [1.29, 1.82) is 0 Å². The van der Waals surface area contributed by atoms with E-state index in [2.05, 4.69) is 5.10 Å². The zero-order valence-corrected chi connectivity index (χ0v) is 16.7. The zero-order chi connectivity index (χ0) is 21.9. The fourth-order valence-electron chi connectivity index (χ4n) is 4.82. The van der Waals surface area contributed by atoms with Crippen molar-refractivity contribution in [2.75, 3.05) is 13.6 Å². The van der Waals surface area contributed by atoms with Crippen LogP contribution in [0.3, 0.4) is 0 Å². The molecule has 1 aromatic heterocycles. The summed E-state index contributed by atoms with van der Waals surface area (Å²) in [6.07, 6.45) is 2.06. The maximum absolute atomic E-state index is 14.0. The van der Waals surface area contributed by atoms with Crippen LogP contribution in [0.1, 0.15) is 44.7 Å². The van der Waals surface area contributed by atoms with Crippen molar-refractivity contribution in [3.05, 3.63) is 92.4 Å². The molecule has 0 saturated heterocycles. The number of halogens is 2. The number of carbonyl (C=O) groups is 1. The molecule has 1 amide bonds. The summed E-state index contributed by atoms with van der Waals surface area (Å²) in [6, 6.07) is 8.68. The Balaban J connectivity index is 1.79. The number of nitrogens with zero attached hydrogens (tertiary/aromatic N) is 3. The summed E-state index contributed by atoms with van der Waals surface area (Å²) in [5.74, 6) is -2.26. The number of hydrogen-bond donors (Lipinski definition) is 1. The number of aryl methyl sites for hydroxylation is 2. The second kappa shape index (κ2) is 7.01. The van der Waals surface area contributed by atoms with E-state index in [-0.39, 0.29) is 23.9 Å². The number of hydrogen-bond acceptors (Lipinski definition) is 4. The monoisotopic (exact) mass is 423 g/mol. The molecule has 2 aliphatic rings. The van der Waals surface area contributed by atoms with Crippen molar-refractivity contribution in [2.45, 2.75) is 24.8 Å². The first kappa shape index (κ1) is 19.4. The molecule has 6 nitrogen and oxygen atoms in total. The fraction of sp³-hybridized carbons (Fsp3) is 0.261. The Morgan fingerprint density at radius 1 is 1.00 bits per heavy atom. The van der Waals surface area contributed by atoms with Gasteiger partial charge < -0.3 is 10.0 Å². The summed E-state index contributed by atoms with van der Waals surface area (Å²) in [6.45, 7) is 0.249. The number of carbonyl (C=O) groups excluding carboxylic acids is 1. The molecule has 1 N–H and O–H groups in total. The van der Waals surface area contributed by atoms with Crippen LogP contribution < -0.4 is 5.43 Å². The third-order valence-corrected chi connectivity index (χ3v) is 6.24. The number of amides is 1. The molecule has 0 saturated carbocycles. The van der Waals surface area contributed by atoms with Gasteiger partial charge in [0.05, 0.1) is 12.2 Å². The van der Waals surface area contributed by atoms with Crippen molar-refractivity contribution in [1.82, 2.24) is 14.7 Å². The van der Waals surface area contributed by atoms with E-state index in [1.165, 1.54) is 33.8 Å². The van der Waals surface area contributed by atoms with E-state index >= 15 is 0 Å². The molecule has 1 aliphatic heterocycles. The molecule has 31 heavy (non-hydrogen) atoms. The molecule has 1 atom stereocenters. The van der Waals surface area contributed by atoms with E-state index in [0.29, 0.717) is 12.8 Å². The van der Waals surface area contributed by atoms with E-state index < -0.39 is 29.0 Å². The number of rotatable bonds is 1. The largest absolute Gasteiger partial charge is 0.502 e. The highest BCUT2D eigenvalue weighted by atomic mass is 19.1. The van der Waals surface area contributed by atoms with E-state index in [1.54, 1.807) is 19.2 Å². The third kappa shape index (κ3) is 3.01. The summed E-state index contributed by atoms with van der Waals surface area (Å²) in [5.41, 5.74) is 2.39. The van der Waals surface area contributed by atoms with Crippen LogP contribution in [-0.2, 0) is 12.8 Å². The average Bonchev–Trinajstić information content (AvgIpc) is 2.89. The van der Waals surface area contributed by atoms with Gasteiger partial charge in [0.15, 0.2) is 11.4 Å². The molecule has 5 rings (SSSR count). The summed E-state index contributed by atoms with van der Waals surface area (Å²) in [5, 5.41) is 14.5. The highest BCUT2D eigenvalue weighted by Crippen LogP contribution is 2.43. The minimum atomic E-state index is -0.737. The van der Waals surface area contributed by atoms with Gasteiger partial charge in [-0.2, -0.15) is 5.10 Å². The molecule has 158 valence electrons. The van der Waals surface area contributed by atoms with Crippen LogP contribution in [0.4, 0.5) is 8.78 Å². The lowest BCUT2D eigenvalue weighted by Crippen LogP contribution is -2.45. The van der Waals surface area contributed by atoms with Gasteiger partial charge in [-0.15, -0.1) is 0 Å². The lowest BCUT2D eigenvalue weighted by atomic mass is 9.81. The topological polar surface area (TPSA) is 75.4 Å². The van der Waals surface area contributed by atoms with Crippen LogP contribution in [0.2, 0.25) is 0 Å². The molecule has 8 heteroatoms. The van der Waals surface area contributed by atoms with Gasteiger partial charge in [0.2, 0.25) is 5.43 Å². The lowest BCUT2D eigenvalue weighted by molar-refractivity contribution is 0.0686. The second-order valence-electron chi connectivity index (χ2n) is 8.07. The first-order valence-corrected chi connectivity index (χ1v) is 9.98. The number of benzene rings is 2. The second-order valence-corrected chi connectivity index (χ2v) is 8.07. The quantitative estimate of drug-likeness (QED) is 0.653. The average molecular weight is 423 g/mol. The van der Waals surface area contributed by atoms with Crippen LogP contribution in [0.5, 0.6) is 5.75 Å². The van der Waals surface area contributed by atoms with E-state index in [4.69, 9.17) is 0 Å². The Kier molecular flexibility index (Phi) is 4.39. The van der Waals surface area contributed by atoms with E-state index in [0.717, 1.165) is 28.5 Å². The smallest absolute Gasteiger partial charge is 0.275 e. The summed E-state index contributed by atoms with van der Waals surface area (Å²) in [4.78, 5) is 26.1. The van der Waals surface area contributed by atoms with Crippen LogP contribution in [-0.4, -0.2) is 39.3 Å². The normalized spacial score (nSPS) is 18.2. The number of fused-ring (bicyclic) bond motifs is 3. The molecular formula is C23H19F2N3O3. The van der Waals surface area contributed by atoms with Gasteiger partial charge in [-0.25, -0.2) is 8.78 Å². The van der Waals surface area contributed by atoms with Crippen LogP contribution in [0.15, 0.2) is 47.4 Å². The van der Waals surface area contributed by atoms with Crippen molar-refractivity contribution >= 4 is 5.91 Å². The molecule has 1 aliphatic carbocycles. The summed E-state index contributed by atoms with van der Waals surface area (Å²) >= 11 is 0. The molecule has 0 bridgehead atoms. The van der Waals surface area contributed by atoms with E-state index in [1.807, 2.05) is 0 Å². The van der Waals surface area contributed by atoms with E-state index in [9.17, 15) is 23.5 Å². The first-order valence-electron chi connectivity index (χ1n) is 9.98. The van der Waals surface area contributed by atoms with Gasteiger partial charge in [0.1, 0.15) is 11.6 Å². The van der Waals surface area contributed by atoms with Crippen molar-refractivity contribution < 1.29 is 18.7 Å². The van der Waals surface area contributed by atoms with Gasteiger partial charge in [0, 0.05) is 19.5 Å². The van der Waals surface area contributed by atoms with Crippen molar-refractivity contribution in [2.24, 2.45) is 0 Å². The third-order valence-electron chi connectivity index (χ3n) is 6.24. The van der Waals surface area contributed by atoms with Crippen LogP contribution in [0.25, 0.3) is 0 Å². The molecular weight excluding hydrogens is 404 g/mol. The van der Waals surface area contributed by atoms with Crippen molar-refractivity contribution in [3.8, 4) is 5.75 Å². The molecule has 2 heterocycles. The van der Waals surface area contributed by atoms with Gasteiger partial charge in [0.25, 0.3) is 5.91 Å². The molecule has 2 aromatic carbocycles. The lowest BCUT2D eigenvalue weighted by Gasteiger charge is -2.38. The number of likely N-dealkylation sites (N-methyl/N-ethyl adjacent to an activating group) is 1. The summed E-state index contributed by atoms with van der Waals surface area (Å²) in [7, 11) is 1.59. The number of aromatic nitrogens is 2. The maximum atomic E-state index is 14.0. The highest BCUT2D eigenvalue weighted by molar-refractivity contribution is 5.95. The Morgan fingerprint density at radius 3 is 2.16 bits per heavy atom. The van der Waals surface area contributed by atoms with Gasteiger partial charge >= 0.3 is 0 Å². The van der Waals surface area contributed by atoms with Crippen LogP contribution in [0, 0.1) is 11.6 Å². The SMILES string of the molecule is CN1C[C@@H](C2c3ccc(F)cc3CCc3cc(F)ccc32)n2ncc(=O)c(O)c2C1=O. The maximum Gasteiger partial charge on any atom is 0.275 e. The Bertz CT molecular complexity index is 1230. The number of aromatic hydroxyl groups is 1. The molecule has 0 fully saturated rings. The zero-order valence-electron chi connectivity index (χ0n) is 16.7. The molecule has 3 aromatic rings. The standard InChI is InChI=1S/C23H19F2N3O3/c1-27-11-18(28-21(23(27)31)22(30)19(29)10-26-28)20-16-6-4-14(24)8-12(16)2-3-13-9-15(25)5-7-17(13)20/h4-10,18,20,30H,2-3,11H2,1H3/t18-/m0/s1. The minimum absolute atomic E-state index is 0.178. The predicted octanol–water partition coefficient (Wildman–Crippen LogP) is 2.78. The van der Waals surface area contributed by atoms with Crippen LogP contribution >= 0.6 is 0 Å². The Morgan fingerprint density at radius 2 is 1.58 bits per heavy atom. The van der Waals surface area contributed by atoms with Crippen molar-refractivity contribution in [3.63, 3.8) is 0 Å². The Hall–Kier alpha value is -3.55. The Labute approximate surface area is 176 Å². The fourth-order valence-corrected chi connectivity index (χ4v) is 4.82. The highest BCUT2D eigenvalue weighted by Gasteiger charge is 2.40. The van der Waals surface area contributed by atoms with Gasteiger partial charge in [-0.05, 0) is 59.4 Å². The first-order chi connectivity index (χ1) is 14.8. The predicted molar refractivity (Wildman–Crippen MR) is 108 cm³/mol. The summed E-state index contributed by atoms with van der Waals surface area (Å²) < 4.78 is 29.5. The minimum Gasteiger partial charge on any atom is -0.502 e. The molecule has 0 unspecified atom stereocenters. The molecule has 0 radical (unpaired) electrons. The van der Waals surface area contributed by atoms with Gasteiger partial charge in [-0.1, -0.05) is 12.1 Å².